The summed E-state index contributed by atoms with van der Waals surface area (Å²) in [7, 11) is 0. The van der Waals surface area contributed by atoms with Crippen molar-refractivity contribution in [3.63, 3.8) is 0 Å². The predicted molar refractivity (Wildman–Crippen MR) is 233 cm³/mol. The molecule has 0 aliphatic heterocycles. The van der Waals surface area contributed by atoms with Gasteiger partial charge in [0.05, 0.1) is 10.7 Å². The molecular formula is C45H63ClN6O6. The molecule has 2 N–H and O–H groups in total. The van der Waals surface area contributed by atoms with Crippen LogP contribution in [0, 0.1) is 0 Å². The van der Waals surface area contributed by atoms with Gasteiger partial charge in [-0.2, -0.15) is 5.11 Å². The molecule has 12 nitrogen and oxygen atoms in total. The van der Waals surface area contributed by atoms with Crippen LogP contribution in [0.5, 0.6) is 11.5 Å². The van der Waals surface area contributed by atoms with E-state index in [0.29, 0.717) is 33.9 Å². The number of hydrogen-bond donors (Lipinski definition) is 1. The number of benzene rings is 2. The number of halogens is 1. The second-order valence-corrected chi connectivity index (χ2v) is 14.6. The van der Waals surface area contributed by atoms with Crippen LogP contribution in [0.25, 0.3) is 0 Å². The molecular weight excluding hydrogens is 756 g/mol. The number of nitrogens with two attached hydrogens (primary N) is 1. The Labute approximate surface area is 350 Å². The Kier molecular flexibility index (Phi) is 22.8. The number of esters is 2. The number of unbranched alkanes of at least 4 members (excludes halogenated alkanes) is 10. The van der Waals surface area contributed by atoms with E-state index in [-0.39, 0.29) is 37.9 Å². The van der Waals surface area contributed by atoms with Crippen molar-refractivity contribution in [1.82, 2.24) is 4.90 Å². The van der Waals surface area contributed by atoms with E-state index in [0.717, 1.165) is 42.9 Å². The molecule has 3 rings (SSSR count). The number of carbonyl (C=O) groups excluding carboxylic acids is 2. The molecule has 0 saturated carbocycles. The lowest BCUT2D eigenvalue weighted by Crippen LogP contribution is -2.36. The van der Waals surface area contributed by atoms with Crippen molar-refractivity contribution in [3.8, 4) is 11.5 Å². The third-order valence-corrected chi connectivity index (χ3v) is 9.85. The van der Waals surface area contributed by atoms with Gasteiger partial charge < -0.3 is 24.7 Å². The first-order chi connectivity index (χ1) is 28.2. The Morgan fingerprint density at radius 3 is 1.74 bits per heavy atom. The van der Waals surface area contributed by atoms with Gasteiger partial charge in [-0.3, -0.25) is 4.90 Å². The largest absolute Gasteiger partial charge is 0.488 e. The highest BCUT2D eigenvalue weighted by molar-refractivity contribution is 6.33. The van der Waals surface area contributed by atoms with Gasteiger partial charge in [0.1, 0.15) is 55.0 Å². The van der Waals surface area contributed by atoms with Crippen molar-refractivity contribution in [3.05, 3.63) is 84.1 Å². The zero-order valence-corrected chi connectivity index (χ0v) is 35.5. The molecule has 0 radical (unpaired) electrons. The summed E-state index contributed by atoms with van der Waals surface area (Å²) in [5.41, 5.74) is 9.23. The molecule has 0 aromatic heterocycles. The molecule has 1 aliphatic carbocycles. The number of allylic oxidation sites excluding steroid dienone is 1. The highest BCUT2D eigenvalue weighted by atomic mass is 35.5. The number of anilines is 1. The first kappa shape index (κ1) is 47.6. The van der Waals surface area contributed by atoms with Crippen molar-refractivity contribution >= 4 is 46.3 Å². The van der Waals surface area contributed by atoms with Crippen LogP contribution >= 0.6 is 11.6 Å². The van der Waals surface area contributed by atoms with Crippen molar-refractivity contribution in [2.75, 3.05) is 45.3 Å². The number of carbonyl (C=O) groups is 2. The number of nitrogens with zero attached hydrogens (tertiary/aromatic N) is 5. The molecule has 2 aromatic carbocycles. The first-order valence-corrected chi connectivity index (χ1v) is 21.1. The van der Waals surface area contributed by atoms with Crippen molar-refractivity contribution in [2.24, 2.45) is 20.5 Å². The van der Waals surface area contributed by atoms with Gasteiger partial charge in [0.2, 0.25) is 0 Å². The van der Waals surface area contributed by atoms with Crippen LogP contribution in [0.15, 0.2) is 99.5 Å². The van der Waals surface area contributed by atoms with Crippen molar-refractivity contribution in [1.29, 1.82) is 0 Å². The van der Waals surface area contributed by atoms with E-state index in [1.165, 1.54) is 77.0 Å². The van der Waals surface area contributed by atoms with Crippen LogP contribution in [-0.4, -0.2) is 62.4 Å². The van der Waals surface area contributed by atoms with E-state index in [1.54, 1.807) is 30.3 Å². The molecule has 0 bridgehead atoms. The Morgan fingerprint density at radius 1 is 0.741 bits per heavy atom. The normalized spacial score (nSPS) is 14.1. The van der Waals surface area contributed by atoms with Crippen LogP contribution in [0.3, 0.4) is 0 Å². The van der Waals surface area contributed by atoms with Gasteiger partial charge in [-0.25, -0.2) is 9.59 Å². The molecule has 316 valence electrons. The minimum absolute atomic E-state index is 0.00137. The average molecular weight is 819 g/mol. The van der Waals surface area contributed by atoms with Crippen molar-refractivity contribution in [2.45, 2.75) is 110 Å². The van der Waals surface area contributed by atoms with Crippen LogP contribution in [-0.2, 0) is 19.1 Å². The fourth-order valence-corrected chi connectivity index (χ4v) is 6.51. The van der Waals surface area contributed by atoms with E-state index in [2.05, 4.69) is 71.4 Å². The summed E-state index contributed by atoms with van der Waals surface area (Å²) in [5, 5.41) is 18.4. The average Bonchev–Trinajstić information content (AvgIpc) is 3.22. The second-order valence-electron chi connectivity index (χ2n) is 14.2. The minimum Gasteiger partial charge on any atom is -0.488 e. The molecule has 0 spiro atoms. The van der Waals surface area contributed by atoms with Crippen LogP contribution < -0.4 is 15.2 Å². The van der Waals surface area contributed by atoms with Gasteiger partial charge in [-0.05, 0) is 69.1 Å². The minimum atomic E-state index is -0.573. The maximum absolute atomic E-state index is 11.7. The maximum atomic E-state index is 11.7. The topological polar surface area (TPSA) is 150 Å². The summed E-state index contributed by atoms with van der Waals surface area (Å²) in [6.45, 7) is 15.6. The third-order valence-electron chi connectivity index (χ3n) is 9.54. The monoisotopic (exact) mass is 818 g/mol. The lowest BCUT2D eigenvalue weighted by molar-refractivity contribution is -0.139. The van der Waals surface area contributed by atoms with Crippen LogP contribution in [0.2, 0.25) is 5.02 Å². The Morgan fingerprint density at radius 2 is 1.24 bits per heavy atom. The Hall–Kier alpha value is -4.81. The summed E-state index contributed by atoms with van der Waals surface area (Å²) in [6.07, 6.45) is 22.6. The fourth-order valence-electron chi connectivity index (χ4n) is 6.29. The van der Waals surface area contributed by atoms with Gasteiger partial charge in [0.25, 0.3) is 0 Å². The van der Waals surface area contributed by atoms with Crippen LogP contribution in [0.4, 0.5) is 22.7 Å². The van der Waals surface area contributed by atoms with Gasteiger partial charge >= 0.3 is 11.9 Å². The molecule has 0 fully saturated rings. The van der Waals surface area contributed by atoms with Gasteiger partial charge in [-0.1, -0.05) is 109 Å². The number of nitrogen functional groups attached to an aromatic ring is 1. The molecule has 13 heteroatoms. The number of ether oxygens (including phenoxy) is 4. The molecule has 1 unspecified atom stereocenters. The molecule has 58 heavy (non-hydrogen) atoms. The standard InChI is InChI=1S/C45H63ClN6O6/c1-6-10-12-14-16-18-24-52(25-19-17-15-13-11-7-2)36-21-23-38(34(5)30-36)48-50-40-32-43(56-27-29-58-45(54)9-4)41(33-42(40)55-26-28-57-44(53)8-3)51-49-39-22-20-35(47)31-37(39)46/h8-9,20-23,31-33,36H,3-4,6-7,10-19,24-30,47H2,1-2,5H3/b50-48+,51-49+. The quantitative estimate of drug-likeness (QED) is 0.0280. The van der Waals surface area contributed by atoms with E-state index in [4.69, 9.17) is 36.3 Å². The lowest BCUT2D eigenvalue weighted by atomic mass is 9.97. The summed E-state index contributed by atoms with van der Waals surface area (Å²) < 4.78 is 22.3. The van der Waals surface area contributed by atoms with Gasteiger partial charge in [0.15, 0.2) is 0 Å². The van der Waals surface area contributed by atoms with Crippen molar-refractivity contribution < 1.29 is 28.5 Å². The van der Waals surface area contributed by atoms with E-state index in [9.17, 15) is 9.59 Å². The molecule has 0 saturated heterocycles. The molecule has 0 amide bonds. The summed E-state index contributed by atoms with van der Waals surface area (Å²) in [6, 6.07) is 8.40. The Bertz CT molecular complexity index is 1730. The Balaban J connectivity index is 1.89. The zero-order chi connectivity index (χ0) is 42.0. The van der Waals surface area contributed by atoms with E-state index in [1.807, 2.05) is 0 Å². The maximum Gasteiger partial charge on any atom is 0.330 e. The number of hydrogen-bond acceptors (Lipinski definition) is 12. The third kappa shape index (κ3) is 17.8. The molecule has 2 aromatic rings. The van der Waals surface area contributed by atoms with E-state index < -0.39 is 11.9 Å². The number of rotatable bonds is 29. The second kappa shape index (κ2) is 27.8. The fraction of sp³-hybridized carbons (Fsp3) is 0.511. The number of azo groups is 2. The van der Waals surface area contributed by atoms with Crippen LogP contribution in [0.1, 0.15) is 104 Å². The summed E-state index contributed by atoms with van der Waals surface area (Å²) in [4.78, 5) is 26.0. The summed E-state index contributed by atoms with van der Waals surface area (Å²) in [5.74, 6) is -0.576. The smallest absolute Gasteiger partial charge is 0.330 e. The molecule has 0 heterocycles. The SMILES string of the molecule is C=CC(=O)OCCOc1cc(/N=N/c2ccc(N)cc2Cl)c(OCCOC(=O)C=C)cc1/N=N/C1=C(C)CC(N(CCCCCCCC)CCCCCCCC)C=C1. The molecule has 1 aliphatic rings. The van der Waals surface area contributed by atoms with E-state index >= 15 is 0 Å². The summed E-state index contributed by atoms with van der Waals surface area (Å²) >= 11 is 6.37. The highest BCUT2D eigenvalue weighted by Crippen LogP contribution is 2.42. The van der Waals surface area contributed by atoms with Gasteiger partial charge in [-0.15, -0.1) is 15.3 Å². The first-order valence-electron chi connectivity index (χ1n) is 20.7. The lowest BCUT2D eigenvalue weighted by Gasteiger charge is -2.32. The molecule has 1 atom stereocenters. The zero-order valence-electron chi connectivity index (χ0n) is 34.8. The predicted octanol–water partition coefficient (Wildman–Crippen LogP) is 12.3. The van der Waals surface area contributed by atoms with Gasteiger partial charge in [0, 0.05) is 36.0 Å². The highest BCUT2D eigenvalue weighted by Gasteiger charge is 2.21.